The summed E-state index contributed by atoms with van der Waals surface area (Å²) in [5.74, 6) is -64.9. The Morgan fingerprint density at radius 1 is 0.317 bits per heavy atom. The van der Waals surface area contributed by atoms with Crippen LogP contribution in [0.4, 0.5) is 0 Å². The van der Waals surface area contributed by atoms with Crippen LogP contribution in [0.2, 0.25) is 0 Å². The van der Waals surface area contributed by atoms with Gasteiger partial charge in [0.15, 0.2) is 0 Å². The molecule has 0 spiro atoms. The van der Waals surface area contributed by atoms with E-state index < -0.39 is 76.0 Å². The highest BCUT2D eigenvalue weighted by Crippen LogP contribution is 2.49. The number of esters is 1. The summed E-state index contributed by atoms with van der Waals surface area (Å²) in [5.41, 5.74) is -13.0. The quantitative estimate of drug-likeness (QED) is 0.0702. The van der Waals surface area contributed by atoms with E-state index in [1.54, 1.807) is 0 Å². The molecule has 0 rings (SSSR count). The molecule has 26 N–H and O–H groups in total. The van der Waals surface area contributed by atoms with Crippen molar-refractivity contribution >= 4 is 5.97 Å². The van der Waals surface area contributed by atoms with Crippen LogP contribution in [0.3, 0.4) is 0 Å². The van der Waals surface area contributed by atoms with Crippen LogP contribution in [-0.4, -0.2) is 209 Å². The molecule has 41 heavy (non-hydrogen) atoms. The van der Waals surface area contributed by atoms with Gasteiger partial charge in [0.05, 0.1) is 0 Å². The minimum atomic E-state index is -6.65. The van der Waals surface area contributed by atoms with E-state index in [9.17, 15) is 91.6 Å². The Morgan fingerprint density at radius 2 is 0.585 bits per heavy atom. The minimum Gasteiger partial charge on any atom is -0.433 e. The largest absolute Gasteiger partial charge is 0.433 e. The molecule has 0 amide bonds. The van der Waals surface area contributed by atoms with Crippen molar-refractivity contribution in [2.75, 3.05) is 0 Å². The first-order chi connectivity index (χ1) is 17.1. The Kier molecular flexibility index (Phi) is 9.35. The van der Waals surface area contributed by atoms with E-state index in [2.05, 4.69) is 4.74 Å². The van der Waals surface area contributed by atoms with Crippen molar-refractivity contribution in [2.24, 2.45) is 0 Å². The number of aliphatic hydroxyl groups is 26. The maximum atomic E-state index is 12.8. The fourth-order valence-corrected chi connectivity index (χ4v) is 2.85. The molecular formula is C13H26O28. The maximum Gasteiger partial charge on any atom is 0.351 e. The highest BCUT2D eigenvalue weighted by Gasteiger charge is 2.89. The van der Waals surface area contributed by atoms with Crippen molar-refractivity contribution < 1.29 is 142 Å². The highest BCUT2D eigenvalue weighted by molar-refractivity contribution is 5.83. The number of ether oxygens (including phenoxy) is 1. The van der Waals surface area contributed by atoms with E-state index in [0.29, 0.717) is 0 Å². The molecule has 0 aromatic rings. The summed E-state index contributed by atoms with van der Waals surface area (Å²) in [6.07, 6.45) is 0. The van der Waals surface area contributed by atoms with E-state index >= 15 is 0 Å². The number of carbonyl (C=O) groups excluding carboxylic acids is 1. The van der Waals surface area contributed by atoms with E-state index in [0.717, 1.165) is 0 Å². The predicted octanol–water partition coefficient (Wildman–Crippen LogP) is -17.4. The molecule has 0 aliphatic carbocycles. The van der Waals surface area contributed by atoms with Crippen molar-refractivity contribution in [1.29, 1.82) is 0 Å². The van der Waals surface area contributed by atoms with E-state index in [1.165, 1.54) is 0 Å². The highest BCUT2D eigenvalue weighted by atomic mass is 16.8. The molecule has 0 saturated heterocycles. The van der Waals surface area contributed by atoms with Gasteiger partial charge >= 0.3 is 53.0 Å². The summed E-state index contributed by atoms with van der Waals surface area (Å²) in [4.78, 5) is 12.8. The summed E-state index contributed by atoms with van der Waals surface area (Å²) < 4.78 is 3.17. The lowest BCUT2D eigenvalue weighted by molar-refractivity contribution is -0.591. The fraction of sp³-hybridized carbons (Fsp3) is 0.923. The topological polar surface area (TPSA) is 552 Å². The third-order valence-corrected chi connectivity index (χ3v) is 5.36. The zero-order valence-electron chi connectivity index (χ0n) is 18.9. The Labute approximate surface area is 219 Å². The molecule has 28 nitrogen and oxygen atoms in total. The normalized spacial score (nSPS) is 17.8. The SMILES string of the molecule is O=C(OC(C(O)(O)O)(C(O)(O)O)C(O)(O)C(O)(O)O)C(O)(C(O)(O)C(O)(O)O)C(O)(O)C(O)(O)C(O)(O)C(O)(O)O. The number of carbonyl (C=O) groups is 1. The molecule has 1 atom stereocenters. The van der Waals surface area contributed by atoms with Gasteiger partial charge in [0.25, 0.3) is 23.0 Å². The molecule has 0 saturated carbocycles. The van der Waals surface area contributed by atoms with E-state index in [4.69, 9.17) is 46.0 Å². The van der Waals surface area contributed by atoms with Gasteiger partial charge in [-0.15, -0.1) is 0 Å². The Balaban J connectivity index is 8.22. The van der Waals surface area contributed by atoms with Gasteiger partial charge in [-0.3, -0.25) is 0 Å². The van der Waals surface area contributed by atoms with E-state index in [-0.39, 0.29) is 0 Å². The van der Waals surface area contributed by atoms with Crippen LogP contribution in [0.15, 0.2) is 0 Å². The summed E-state index contributed by atoms with van der Waals surface area (Å²) in [6.45, 7) is 0. The van der Waals surface area contributed by atoms with Crippen LogP contribution in [0.1, 0.15) is 0 Å². The molecule has 246 valence electrons. The molecule has 0 heterocycles. The third-order valence-electron chi connectivity index (χ3n) is 5.36. The lowest BCUT2D eigenvalue weighted by Crippen LogP contribution is -2.90. The molecular weight excluding hydrogens is 604 g/mol. The van der Waals surface area contributed by atoms with Gasteiger partial charge in [-0.25, -0.2) is 4.79 Å². The van der Waals surface area contributed by atoms with Crippen molar-refractivity contribution in [3.05, 3.63) is 0 Å². The molecule has 0 bridgehead atoms. The van der Waals surface area contributed by atoms with Gasteiger partial charge in [0.2, 0.25) is 0 Å². The Bertz CT molecular complexity index is 945. The first-order valence-electron chi connectivity index (χ1n) is 9.18. The second-order valence-corrected chi connectivity index (χ2v) is 8.32. The molecule has 0 fully saturated rings. The van der Waals surface area contributed by atoms with Crippen molar-refractivity contribution in [2.45, 2.75) is 70.0 Å². The zero-order valence-corrected chi connectivity index (χ0v) is 18.9. The summed E-state index contributed by atoms with van der Waals surface area (Å²) in [6, 6.07) is 0. The standard InChI is InChI=1S/C13H26O28/c14-1(41-3(9(26,27)28,10(29,30)31)6(20,21)12(35,36)37)2(15,5(18,19)11(32,33)34)4(16,17)7(22,23)8(24,25)13(38,39)40/h15-40H. The van der Waals surface area contributed by atoms with Crippen LogP contribution in [0, 0.1) is 0 Å². The van der Waals surface area contributed by atoms with Crippen molar-refractivity contribution in [3.63, 3.8) is 0 Å². The third kappa shape index (κ3) is 5.16. The lowest BCUT2D eigenvalue weighted by atomic mass is 9.74. The van der Waals surface area contributed by atoms with Crippen molar-refractivity contribution in [3.8, 4) is 0 Å². The maximum absolute atomic E-state index is 12.8. The summed E-state index contributed by atoms with van der Waals surface area (Å²) in [7, 11) is 0. The average molecular weight is 630 g/mol. The molecule has 28 heteroatoms. The Hall–Kier alpha value is -1.57. The predicted molar refractivity (Wildman–Crippen MR) is 96.6 cm³/mol. The van der Waals surface area contributed by atoms with Crippen LogP contribution >= 0.6 is 0 Å². The first-order valence-corrected chi connectivity index (χ1v) is 9.18. The minimum absolute atomic E-state index is 3.17. The van der Waals surface area contributed by atoms with Gasteiger partial charge < -0.3 is 138 Å². The van der Waals surface area contributed by atoms with Crippen LogP contribution in [0.5, 0.6) is 0 Å². The molecule has 1 unspecified atom stereocenters. The average Bonchev–Trinajstić information content (AvgIpc) is 2.65. The molecule has 0 aliphatic rings. The van der Waals surface area contributed by atoms with Crippen molar-refractivity contribution in [1.82, 2.24) is 0 Å². The number of rotatable bonds is 12. The second kappa shape index (κ2) is 9.72. The second-order valence-electron chi connectivity index (χ2n) is 8.32. The van der Waals surface area contributed by atoms with Gasteiger partial charge in [-0.1, -0.05) is 0 Å². The van der Waals surface area contributed by atoms with Crippen LogP contribution < -0.4 is 0 Å². The number of hydrogen-bond acceptors (Lipinski definition) is 28. The lowest BCUT2D eigenvalue weighted by Gasteiger charge is -2.55. The van der Waals surface area contributed by atoms with Gasteiger partial charge in [-0.2, -0.15) is 0 Å². The smallest absolute Gasteiger partial charge is 0.351 e. The van der Waals surface area contributed by atoms with Gasteiger partial charge in [-0.05, 0) is 0 Å². The van der Waals surface area contributed by atoms with Gasteiger partial charge in [0, 0.05) is 0 Å². The molecule has 0 aromatic heterocycles. The summed E-state index contributed by atoms with van der Waals surface area (Å²) >= 11 is 0. The van der Waals surface area contributed by atoms with E-state index in [1.807, 2.05) is 0 Å². The molecule has 0 aliphatic heterocycles. The van der Waals surface area contributed by atoms with Crippen LogP contribution in [-0.2, 0) is 9.53 Å². The molecule has 0 radical (unpaired) electrons. The zero-order chi connectivity index (χ0) is 34.3. The fourth-order valence-electron chi connectivity index (χ4n) is 2.85. The summed E-state index contributed by atoms with van der Waals surface area (Å²) in [5, 5.41) is 245. The van der Waals surface area contributed by atoms with Gasteiger partial charge in [0.1, 0.15) is 0 Å². The monoisotopic (exact) mass is 630 g/mol. The Morgan fingerprint density at radius 3 is 0.805 bits per heavy atom. The first kappa shape index (κ1) is 39.4. The number of hydrogen-bond donors (Lipinski definition) is 26. The molecule has 0 aromatic carbocycles. The van der Waals surface area contributed by atoms with Crippen LogP contribution in [0.25, 0.3) is 0 Å².